The second-order valence-corrected chi connectivity index (χ2v) is 9.15. The monoisotopic (exact) mass is 472 g/mol. The molecule has 3 aromatic carbocycles. The van der Waals surface area contributed by atoms with Crippen molar-refractivity contribution in [2.24, 2.45) is 0 Å². The van der Waals surface area contributed by atoms with Crippen LogP contribution in [0.1, 0.15) is 47.2 Å². The van der Waals surface area contributed by atoms with Gasteiger partial charge in [0.05, 0.1) is 17.9 Å². The molecule has 0 aliphatic heterocycles. The third kappa shape index (κ3) is 5.41. The van der Waals surface area contributed by atoms with E-state index in [1.165, 1.54) is 0 Å². The average molecular weight is 473 g/mol. The number of carboxylic acid groups (broad SMARTS) is 1. The molecule has 0 saturated heterocycles. The van der Waals surface area contributed by atoms with Gasteiger partial charge in [0.2, 0.25) is 0 Å². The van der Waals surface area contributed by atoms with Crippen LogP contribution in [0.5, 0.6) is 0 Å². The average Bonchev–Trinajstić information content (AvgIpc) is 3.19. The zero-order valence-corrected chi connectivity index (χ0v) is 20.0. The fourth-order valence-electron chi connectivity index (χ4n) is 3.94. The first-order valence-corrected chi connectivity index (χ1v) is 12.3. The number of carbonyl (C=O) groups is 1. The van der Waals surface area contributed by atoms with Gasteiger partial charge in [-0.25, -0.2) is 9.78 Å². The lowest BCUT2D eigenvalue weighted by Gasteiger charge is -2.13. The van der Waals surface area contributed by atoms with Crippen LogP contribution >= 0.6 is 11.8 Å². The van der Waals surface area contributed by atoms with E-state index in [9.17, 15) is 15.0 Å². The van der Waals surface area contributed by atoms with Crippen LogP contribution in [0, 0.1) is 0 Å². The van der Waals surface area contributed by atoms with Crippen LogP contribution in [0.4, 0.5) is 0 Å². The van der Waals surface area contributed by atoms with Gasteiger partial charge < -0.3 is 14.8 Å². The van der Waals surface area contributed by atoms with Crippen molar-refractivity contribution < 1.29 is 15.0 Å². The minimum absolute atomic E-state index is 0.105. The normalized spacial score (nSPS) is 11.0. The molecule has 0 aliphatic rings. The summed E-state index contributed by atoms with van der Waals surface area (Å²) in [6, 6.07) is 25.2. The van der Waals surface area contributed by atoms with Crippen molar-refractivity contribution in [2.75, 3.05) is 0 Å². The Morgan fingerprint density at radius 2 is 1.68 bits per heavy atom. The summed E-state index contributed by atoms with van der Waals surface area (Å²) in [6.07, 6.45) is 2.95. The number of unbranched alkanes of at least 4 members (excludes halogenated alkanes) is 1. The molecule has 4 aromatic rings. The Bertz CT molecular complexity index is 1250. The minimum Gasteiger partial charge on any atom is -0.478 e. The van der Waals surface area contributed by atoms with Crippen molar-refractivity contribution in [1.29, 1.82) is 0 Å². The van der Waals surface area contributed by atoms with Crippen molar-refractivity contribution >= 4 is 17.7 Å². The van der Waals surface area contributed by atoms with Gasteiger partial charge in [0.15, 0.2) is 0 Å². The number of aliphatic hydroxyl groups excluding tert-OH is 1. The molecule has 0 aliphatic carbocycles. The Kier molecular flexibility index (Phi) is 7.83. The minimum atomic E-state index is -0.933. The van der Waals surface area contributed by atoms with Gasteiger partial charge in [0.1, 0.15) is 10.9 Å². The molecule has 0 unspecified atom stereocenters. The van der Waals surface area contributed by atoms with Gasteiger partial charge in [0, 0.05) is 17.9 Å². The molecule has 0 fully saturated rings. The summed E-state index contributed by atoms with van der Waals surface area (Å²) in [6.45, 7) is 2.68. The van der Waals surface area contributed by atoms with E-state index in [0.717, 1.165) is 46.1 Å². The summed E-state index contributed by atoms with van der Waals surface area (Å²) >= 11 is 1.62. The Morgan fingerprint density at radius 1 is 0.971 bits per heavy atom. The summed E-state index contributed by atoms with van der Waals surface area (Å²) in [5.41, 5.74) is 3.66. The molecule has 0 amide bonds. The molecule has 1 aromatic heterocycles. The number of benzene rings is 3. The van der Waals surface area contributed by atoms with Crippen LogP contribution in [0.25, 0.3) is 11.1 Å². The summed E-state index contributed by atoms with van der Waals surface area (Å²) < 4.78 is 2.21. The highest BCUT2D eigenvalue weighted by Crippen LogP contribution is 2.33. The van der Waals surface area contributed by atoms with Gasteiger partial charge >= 0.3 is 5.97 Å². The number of aliphatic hydroxyl groups is 1. The number of nitrogens with zero attached hydrogens (tertiary/aromatic N) is 2. The molecule has 0 bridgehead atoms. The second kappa shape index (κ2) is 11.2. The van der Waals surface area contributed by atoms with Crippen LogP contribution in [0.15, 0.2) is 88.8 Å². The maximum absolute atomic E-state index is 11.6. The predicted octanol–water partition coefficient (Wildman–Crippen LogP) is 6.28. The summed E-state index contributed by atoms with van der Waals surface area (Å²) in [4.78, 5) is 17.5. The van der Waals surface area contributed by atoms with E-state index in [1.54, 1.807) is 23.9 Å². The molecule has 5 nitrogen and oxygen atoms in total. The lowest BCUT2D eigenvalue weighted by molar-refractivity contribution is 0.0697. The van der Waals surface area contributed by atoms with Crippen molar-refractivity contribution in [1.82, 2.24) is 9.55 Å². The summed E-state index contributed by atoms with van der Waals surface area (Å²) in [5, 5.41) is 20.5. The molecule has 0 spiro atoms. The van der Waals surface area contributed by atoms with Crippen LogP contribution in [0.2, 0.25) is 0 Å². The molecule has 34 heavy (non-hydrogen) atoms. The number of hydrogen-bond acceptors (Lipinski definition) is 4. The van der Waals surface area contributed by atoms with Crippen molar-refractivity contribution in [3.05, 3.63) is 102 Å². The largest absolute Gasteiger partial charge is 0.478 e. The van der Waals surface area contributed by atoms with E-state index in [2.05, 4.69) is 23.6 Å². The number of rotatable bonds is 10. The first kappa shape index (κ1) is 23.8. The molecule has 4 rings (SSSR count). The fourth-order valence-corrected chi connectivity index (χ4v) is 4.96. The number of hydrogen-bond donors (Lipinski definition) is 2. The molecule has 6 heteroatoms. The molecular formula is C28H28N2O3S. The highest BCUT2D eigenvalue weighted by atomic mass is 32.2. The summed E-state index contributed by atoms with van der Waals surface area (Å²) in [5.74, 6) is 0.0439. The van der Waals surface area contributed by atoms with Crippen LogP contribution in [0.3, 0.4) is 0 Å². The van der Waals surface area contributed by atoms with Crippen LogP contribution < -0.4 is 0 Å². The van der Waals surface area contributed by atoms with Gasteiger partial charge in [-0.1, -0.05) is 85.8 Å². The van der Waals surface area contributed by atoms with Crippen molar-refractivity contribution in [3.8, 4) is 11.1 Å². The smallest absolute Gasteiger partial charge is 0.336 e. The number of aromatic nitrogens is 2. The maximum Gasteiger partial charge on any atom is 0.336 e. The molecule has 174 valence electrons. The van der Waals surface area contributed by atoms with E-state index >= 15 is 0 Å². The third-order valence-electron chi connectivity index (χ3n) is 5.69. The highest BCUT2D eigenvalue weighted by Gasteiger charge is 2.18. The highest BCUT2D eigenvalue weighted by molar-refractivity contribution is 7.99. The van der Waals surface area contributed by atoms with E-state index < -0.39 is 5.97 Å². The van der Waals surface area contributed by atoms with E-state index in [1.807, 2.05) is 54.6 Å². The molecule has 0 saturated carbocycles. The summed E-state index contributed by atoms with van der Waals surface area (Å²) in [7, 11) is 0. The second-order valence-electron chi connectivity index (χ2n) is 8.09. The number of aryl methyl sites for hydroxylation is 1. The van der Waals surface area contributed by atoms with Gasteiger partial charge in [-0.3, -0.25) is 0 Å². The molecule has 0 atom stereocenters. The first-order chi connectivity index (χ1) is 16.6. The lowest BCUT2D eigenvalue weighted by Crippen LogP contribution is -2.07. The fraction of sp³-hybridized carbons (Fsp3) is 0.214. The number of imidazole rings is 1. The van der Waals surface area contributed by atoms with Gasteiger partial charge in [-0.15, -0.1) is 0 Å². The van der Waals surface area contributed by atoms with Crippen molar-refractivity contribution in [3.63, 3.8) is 0 Å². The van der Waals surface area contributed by atoms with Crippen LogP contribution in [-0.4, -0.2) is 25.7 Å². The molecule has 2 N–H and O–H groups in total. The van der Waals surface area contributed by atoms with Gasteiger partial charge in [-0.05, 0) is 41.3 Å². The van der Waals surface area contributed by atoms with Gasteiger partial charge in [0.25, 0.3) is 0 Å². The zero-order chi connectivity index (χ0) is 23.9. The Hall–Kier alpha value is -3.35. The zero-order valence-electron chi connectivity index (χ0n) is 19.1. The standard InChI is InChI=1S/C28H28N2O3S/c1-2-3-13-26-29-25(19-31)27(34-22-9-5-4-6-10-22)30(26)18-20-14-16-21(17-15-20)23-11-7-8-12-24(23)28(32)33/h4-12,14-17,31H,2-3,13,18-19H2,1H3,(H,32,33). The topological polar surface area (TPSA) is 75.4 Å². The predicted molar refractivity (Wildman–Crippen MR) is 135 cm³/mol. The maximum atomic E-state index is 11.6. The van der Waals surface area contributed by atoms with Gasteiger partial charge in [-0.2, -0.15) is 0 Å². The molecule has 0 radical (unpaired) electrons. The lowest BCUT2D eigenvalue weighted by atomic mass is 9.99. The Balaban J connectivity index is 1.67. The Labute approximate surface area is 204 Å². The molecular weight excluding hydrogens is 444 g/mol. The number of aromatic carboxylic acids is 1. The van der Waals surface area contributed by atoms with E-state index in [4.69, 9.17) is 4.98 Å². The van der Waals surface area contributed by atoms with Crippen molar-refractivity contribution in [2.45, 2.75) is 49.3 Å². The molecule has 1 heterocycles. The quantitative estimate of drug-likeness (QED) is 0.284. The first-order valence-electron chi connectivity index (χ1n) is 11.4. The Morgan fingerprint density at radius 3 is 2.35 bits per heavy atom. The third-order valence-corrected chi connectivity index (χ3v) is 6.85. The van der Waals surface area contributed by atoms with Crippen LogP contribution in [-0.2, 0) is 19.6 Å². The SMILES string of the molecule is CCCCc1nc(CO)c(Sc2ccccc2)n1Cc1ccc(-c2ccccc2C(=O)O)cc1. The van der Waals surface area contributed by atoms with E-state index in [0.29, 0.717) is 23.4 Å². The number of carboxylic acids is 1. The van der Waals surface area contributed by atoms with E-state index in [-0.39, 0.29) is 6.61 Å².